The van der Waals surface area contributed by atoms with Gasteiger partial charge in [0.2, 0.25) is 0 Å². The number of hydrogen-bond acceptors (Lipinski definition) is 4. The zero-order chi connectivity index (χ0) is 13.8. The fraction of sp³-hybridized carbons (Fsp3) is 0.818. The second kappa shape index (κ2) is 6.14. The second-order valence-corrected chi connectivity index (χ2v) is 5.38. The molecule has 0 rings (SSSR count). The van der Waals surface area contributed by atoms with E-state index in [0.29, 0.717) is 0 Å². The highest BCUT2D eigenvalue weighted by molar-refractivity contribution is 7.80. The molecule has 0 radical (unpaired) electrons. The van der Waals surface area contributed by atoms with E-state index < -0.39 is 23.7 Å². The van der Waals surface area contributed by atoms with Crippen LogP contribution >= 0.6 is 12.6 Å². The molecule has 100 valence electrons. The number of carbonyl (C=O) groups excluding carboxylic acids is 1. The molecule has 0 spiro atoms. The van der Waals surface area contributed by atoms with Gasteiger partial charge in [-0.05, 0) is 34.6 Å². The van der Waals surface area contributed by atoms with Crippen molar-refractivity contribution in [3.63, 3.8) is 0 Å². The number of nitrogens with zero attached hydrogens (tertiary/aromatic N) is 1. The highest BCUT2D eigenvalue weighted by Crippen LogP contribution is 2.15. The van der Waals surface area contributed by atoms with Gasteiger partial charge in [-0.1, -0.05) is 0 Å². The maximum Gasteiger partial charge on any atom is 0.411 e. The van der Waals surface area contributed by atoms with Crippen LogP contribution in [0.5, 0.6) is 0 Å². The van der Waals surface area contributed by atoms with E-state index in [9.17, 15) is 9.59 Å². The minimum Gasteiger partial charge on any atom is -0.480 e. The van der Waals surface area contributed by atoms with E-state index in [0.717, 1.165) is 0 Å². The minimum absolute atomic E-state index is 0.0484. The Morgan fingerprint density at radius 2 is 1.82 bits per heavy atom. The van der Waals surface area contributed by atoms with E-state index in [2.05, 4.69) is 12.6 Å². The van der Waals surface area contributed by atoms with Crippen molar-refractivity contribution in [2.45, 2.75) is 52.3 Å². The minimum atomic E-state index is -1.08. The zero-order valence-corrected chi connectivity index (χ0v) is 11.8. The van der Waals surface area contributed by atoms with Gasteiger partial charge in [-0.25, -0.2) is 9.59 Å². The summed E-state index contributed by atoms with van der Waals surface area (Å²) in [4.78, 5) is 24.2. The molecule has 0 aliphatic rings. The topological polar surface area (TPSA) is 66.8 Å². The van der Waals surface area contributed by atoms with Crippen LogP contribution in [0, 0.1) is 0 Å². The number of thiol groups is 1. The third-order valence-electron chi connectivity index (χ3n) is 1.95. The highest BCUT2D eigenvalue weighted by atomic mass is 32.1. The average Bonchev–Trinajstić information content (AvgIpc) is 2.08. The number of rotatable bonds is 4. The monoisotopic (exact) mass is 263 g/mol. The fourth-order valence-electron chi connectivity index (χ4n) is 1.30. The Hall–Kier alpha value is -0.910. The van der Waals surface area contributed by atoms with Gasteiger partial charge in [0.05, 0.1) is 0 Å². The number of carboxylic acid groups (broad SMARTS) is 1. The molecular weight excluding hydrogens is 242 g/mol. The predicted octanol–water partition coefficient (Wildman–Crippen LogP) is 2.01. The first-order valence-corrected chi connectivity index (χ1v) is 6.08. The van der Waals surface area contributed by atoms with Gasteiger partial charge < -0.3 is 9.84 Å². The molecule has 5 nitrogen and oxygen atoms in total. The van der Waals surface area contributed by atoms with Crippen molar-refractivity contribution >= 4 is 24.7 Å². The molecule has 0 saturated heterocycles. The molecule has 1 amide bonds. The fourth-order valence-corrected chi connectivity index (χ4v) is 1.63. The van der Waals surface area contributed by atoms with Gasteiger partial charge in [0.25, 0.3) is 0 Å². The third kappa shape index (κ3) is 5.30. The van der Waals surface area contributed by atoms with Crippen molar-refractivity contribution in [3.8, 4) is 0 Å². The lowest BCUT2D eigenvalue weighted by atomic mass is 10.2. The Labute approximate surface area is 108 Å². The molecule has 0 unspecified atom stereocenters. The smallest absolute Gasteiger partial charge is 0.411 e. The summed E-state index contributed by atoms with van der Waals surface area (Å²) in [6.07, 6.45) is -0.631. The van der Waals surface area contributed by atoms with Gasteiger partial charge in [0, 0.05) is 11.8 Å². The number of carbonyl (C=O) groups is 2. The summed E-state index contributed by atoms with van der Waals surface area (Å²) in [5, 5.41) is 9.04. The normalized spacial score (nSPS) is 13.4. The molecule has 0 aromatic carbocycles. The molecule has 1 atom stereocenters. The maximum absolute atomic E-state index is 11.9. The first-order chi connectivity index (χ1) is 7.60. The Kier molecular flexibility index (Phi) is 5.81. The van der Waals surface area contributed by atoms with E-state index in [4.69, 9.17) is 9.84 Å². The van der Waals surface area contributed by atoms with E-state index in [1.807, 2.05) is 0 Å². The van der Waals surface area contributed by atoms with Crippen LogP contribution in [0.2, 0.25) is 0 Å². The van der Waals surface area contributed by atoms with Crippen molar-refractivity contribution in [2.24, 2.45) is 0 Å². The van der Waals surface area contributed by atoms with Crippen LogP contribution < -0.4 is 0 Å². The molecule has 0 aliphatic carbocycles. The van der Waals surface area contributed by atoms with E-state index in [1.165, 1.54) is 4.90 Å². The first kappa shape index (κ1) is 16.1. The highest BCUT2D eigenvalue weighted by Gasteiger charge is 2.33. The third-order valence-corrected chi connectivity index (χ3v) is 2.30. The quantitative estimate of drug-likeness (QED) is 0.761. The molecule has 0 bridgehead atoms. The summed E-state index contributed by atoms with van der Waals surface area (Å²) >= 11 is 3.96. The van der Waals surface area contributed by atoms with E-state index in [1.54, 1.807) is 34.6 Å². The summed E-state index contributed by atoms with van der Waals surface area (Å²) in [5.41, 5.74) is -0.649. The molecule has 0 aromatic heterocycles. The van der Waals surface area contributed by atoms with Crippen LogP contribution in [0.1, 0.15) is 34.6 Å². The summed E-state index contributed by atoms with van der Waals surface area (Å²) in [6, 6.07) is -1.24. The number of hydrogen-bond donors (Lipinski definition) is 2. The number of aliphatic carboxylic acids is 1. The number of ether oxygens (including phenoxy) is 1. The molecule has 0 heterocycles. The van der Waals surface area contributed by atoms with Gasteiger partial charge in [-0.15, -0.1) is 0 Å². The zero-order valence-electron chi connectivity index (χ0n) is 10.9. The first-order valence-electron chi connectivity index (χ1n) is 5.45. The Balaban J connectivity index is 4.97. The lowest BCUT2D eigenvalue weighted by Gasteiger charge is -2.33. The summed E-state index contributed by atoms with van der Waals surface area (Å²) in [6.45, 7) is 8.69. The lowest BCUT2D eigenvalue weighted by Crippen LogP contribution is -2.51. The van der Waals surface area contributed by atoms with Crippen molar-refractivity contribution in [1.82, 2.24) is 4.90 Å². The van der Waals surface area contributed by atoms with Crippen LogP contribution in [-0.2, 0) is 9.53 Å². The summed E-state index contributed by atoms with van der Waals surface area (Å²) < 4.78 is 5.18. The van der Waals surface area contributed by atoms with Crippen molar-refractivity contribution < 1.29 is 19.4 Å². The largest absolute Gasteiger partial charge is 0.480 e. The summed E-state index contributed by atoms with van der Waals surface area (Å²) in [7, 11) is 0. The lowest BCUT2D eigenvalue weighted by molar-refractivity contribution is -0.142. The number of amides is 1. The molecule has 0 fully saturated rings. The van der Waals surface area contributed by atoms with Crippen LogP contribution in [0.3, 0.4) is 0 Å². The Morgan fingerprint density at radius 3 is 2.06 bits per heavy atom. The predicted molar refractivity (Wildman–Crippen MR) is 68.5 cm³/mol. The maximum atomic E-state index is 11.9. The van der Waals surface area contributed by atoms with Gasteiger partial charge in [0.1, 0.15) is 11.6 Å². The molecule has 17 heavy (non-hydrogen) atoms. The standard InChI is InChI=1S/C11H21NO4S/c1-7(2)12(8(6-17)9(13)14)10(15)16-11(3,4)5/h7-8,17H,6H2,1-5H3,(H,13,14)/t8-/m0/s1. The Morgan fingerprint density at radius 1 is 1.35 bits per heavy atom. The molecule has 6 heteroatoms. The van der Waals surface area contributed by atoms with Gasteiger partial charge in [-0.3, -0.25) is 4.90 Å². The van der Waals surface area contributed by atoms with Crippen LogP contribution in [-0.4, -0.2) is 45.5 Å². The van der Waals surface area contributed by atoms with Crippen LogP contribution in [0.15, 0.2) is 0 Å². The average molecular weight is 263 g/mol. The molecule has 0 saturated carbocycles. The molecule has 1 N–H and O–H groups in total. The van der Waals surface area contributed by atoms with Crippen molar-refractivity contribution in [1.29, 1.82) is 0 Å². The van der Waals surface area contributed by atoms with Crippen LogP contribution in [0.4, 0.5) is 4.79 Å². The summed E-state index contributed by atoms with van der Waals surface area (Å²) in [5.74, 6) is -1.04. The molecular formula is C11H21NO4S. The SMILES string of the molecule is CC(C)N(C(=O)OC(C)(C)C)[C@@H](CS)C(=O)O. The van der Waals surface area contributed by atoms with Gasteiger partial charge >= 0.3 is 12.1 Å². The molecule has 0 aliphatic heterocycles. The Bertz CT molecular complexity index is 286. The van der Waals surface area contributed by atoms with E-state index in [-0.39, 0.29) is 11.8 Å². The van der Waals surface area contributed by atoms with Gasteiger partial charge in [0.15, 0.2) is 0 Å². The van der Waals surface area contributed by atoms with Gasteiger partial charge in [-0.2, -0.15) is 12.6 Å². The van der Waals surface area contributed by atoms with Crippen molar-refractivity contribution in [2.75, 3.05) is 5.75 Å². The van der Waals surface area contributed by atoms with E-state index >= 15 is 0 Å². The number of carboxylic acids is 1. The second-order valence-electron chi connectivity index (χ2n) is 5.02. The van der Waals surface area contributed by atoms with Crippen LogP contribution in [0.25, 0.3) is 0 Å². The van der Waals surface area contributed by atoms with Crippen molar-refractivity contribution in [3.05, 3.63) is 0 Å². The molecule has 0 aromatic rings.